The summed E-state index contributed by atoms with van der Waals surface area (Å²) in [5.74, 6) is 0.225. The Bertz CT molecular complexity index is 1060. The van der Waals surface area contributed by atoms with E-state index in [0.717, 1.165) is 16.1 Å². The highest BCUT2D eigenvalue weighted by molar-refractivity contribution is 8.00. The van der Waals surface area contributed by atoms with Gasteiger partial charge in [0.25, 0.3) is 0 Å². The molecular weight excluding hydrogens is 416 g/mol. The average molecular weight is 445 g/mol. The molecule has 0 spiro atoms. The van der Waals surface area contributed by atoms with Crippen LogP contribution < -0.4 is 10.6 Å². The second-order valence-corrected chi connectivity index (χ2v) is 9.20. The molecule has 32 heavy (non-hydrogen) atoms. The highest BCUT2D eigenvalue weighted by Gasteiger charge is 2.15. The Morgan fingerprint density at radius 2 is 1.38 bits per heavy atom. The minimum Gasteiger partial charge on any atom is -0.325 e. The maximum Gasteiger partial charge on any atom is 0.248 e. The molecule has 0 saturated carbocycles. The Balaban J connectivity index is 1.50. The summed E-state index contributed by atoms with van der Waals surface area (Å²) in [4.78, 5) is 25.6. The number of hydrogen-bond donors (Lipinski definition) is 2. The summed E-state index contributed by atoms with van der Waals surface area (Å²) in [6, 6.07) is 25.1. The molecule has 0 aliphatic rings. The predicted octanol–water partition coefficient (Wildman–Crippen LogP) is 6.58. The van der Waals surface area contributed by atoms with Crippen molar-refractivity contribution in [3.63, 3.8) is 0 Å². The van der Waals surface area contributed by atoms with E-state index in [-0.39, 0.29) is 17.1 Å². The van der Waals surface area contributed by atoms with Crippen molar-refractivity contribution in [1.82, 2.24) is 0 Å². The van der Waals surface area contributed by atoms with Gasteiger partial charge in [-0.2, -0.15) is 0 Å². The Kier molecular flexibility index (Phi) is 8.28. The highest BCUT2D eigenvalue weighted by atomic mass is 32.2. The van der Waals surface area contributed by atoms with Crippen molar-refractivity contribution in [3.8, 4) is 0 Å². The SMILES string of the molecule is CC(Sc1ccc(NC(=O)/C=C/c2ccccc2)cc1)C(=O)Nc1ccc(C(C)C)cc1. The van der Waals surface area contributed by atoms with Gasteiger partial charge in [-0.3, -0.25) is 9.59 Å². The number of anilines is 2. The van der Waals surface area contributed by atoms with E-state index in [2.05, 4.69) is 24.5 Å². The number of benzene rings is 3. The second kappa shape index (κ2) is 11.3. The number of thioether (sulfide) groups is 1. The van der Waals surface area contributed by atoms with Gasteiger partial charge in [0.1, 0.15) is 0 Å². The van der Waals surface area contributed by atoms with Gasteiger partial charge in [-0.15, -0.1) is 11.8 Å². The van der Waals surface area contributed by atoms with Crippen molar-refractivity contribution >= 4 is 41.0 Å². The molecule has 0 fully saturated rings. The van der Waals surface area contributed by atoms with Crippen molar-refractivity contribution in [2.24, 2.45) is 0 Å². The largest absolute Gasteiger partial charge is 0.325 e. The summed E-state index contributed by atoms with van der Waals surface area (Å²) in [5, 5.41) is 5.56. The fourth-order valence-electron chi connectivity index (χ4n) is 2.99. The minimum atomic E-state index is -0.256. The van der Waals surface area contributed by atoms with E-state index in [4.69, 9.17) is 0 Å². The summed E-state index contributed by atoms with van der Waals surface area (Å²) in [7, 11) is 0. The molecular formula is C27H28N2O2S. The molecule has 0 saturated heterocycles. The van der Waals surface area contributed by atoms with Crippen molar-refractivity contribution < 1.29 is 9.59 Å². The van der Waals surface area contributed by atoms with Gasteiger partial charge in [-0.25, -0.2) is 0 Å². The summed E-state index contributed by atoms with van der Waals surface area (Å²) in [6.07, 6.45) is 3.29. The minimum absolute atomic E-state index is 0.0456. The molecule has 164 valence electrons. The third-order valence-corrected chi connectivity index (χ3v) is 5.99. The van der Waals surface area contributed by atoms with Gasteiger partial charge in [0.15, 0.2) is 0 Å². The lowest BCUT2D eigenvalue weighted by molar-refractivity contribution is -0.115. The third-order valence-electron chi connectivity index (χ3n) is 4.88. The van der Waals surface area contributed by atoms with E-state index in [1.54, 1.807) is 6.08 Å². The van der Waals surface area contributed by atoms with Gasteiger partial charge in [0, 0.05) is 22.3 Å². The molecule has 0 aliphatic carbocycles. The molecule has 1 unspecified atom stereocenters. The zero-order valence-electron chi connectivity index (χ0n) is 18.5. The number of rotatable bonds is 8. The molecule has 4 nitrogen and oxygen atoms in total. The quantitative estimate of drug-likeness (QED) is 0.305. The summed E-state index contributed by atoms with van der Waals surface area (Å²) in [6.45, 7) is 6.17. The normalized spacial score (nSPS) is 12.0. The molecule has 0 bridgehead atoms. The zero-order chi connectivity index (χ0) is 22.9. The standard InChI is InChI=1S/C27H28N2O2S/c1-19(2)22-10-12-24(13-11-22)29-27(31)20(3)32-25-16-14-23(15-17-25)28-26(30)18-9-21-7-5-4-6-8-21/h4-20H,1-3H3,(H,28,30)(H,29,31)/b18-9+. The molecule has 2 N–H and O–H groups in total. The third kappa shape index (κ3) is 7.13. The van der Waals surface area contributed by atoms with Crippen LogP contribution in [-0.4, -0.2) is 17.1 Å². The Morgan fingerprint density at radius 3 is 2.00 bits per heavy atom. The summed E-state index contributed by atoms with van der Waals surface area (Å²) in [5.41, 5.74) is 3.72. The molecule has 0 heterocycles. The lowest BCUT2D eigenvalue weighted by atomic mass is 10.0. The molecule has 0 aromatic heterocycles. The van der Waals surface area contributed by atoms with Gasteiger partial charge in [-0.1, -0.05) is 56.3 Å². The lowest BCUT2D eigenvalue weighted by Gasteiger charge is -2.13. The van der Waals surface area contributed by atoms with Gasteiger partial charge in [-0.05, 0) is 66.4 Å². The Hall–Kier alpha value is -3.31. The van der Waals surface area contributed by atoms with E-state index >= 15 is 0 Å². The first-order chi connectivity index (χ1) is 15.4. The zero-order valence-corrected chi connectivity index (χ0v) is 19.4. The van der Waals surface area contributed by atoms with Crippen LogP contribution in [0.25, 0.3) is 6.08 Å². The average Bonchev–Trinajstić information content (AvgIpc) is 2.80. The van der Waals surface area contributed by atoms with Gasteiger partial charge in [0.2, 0.25) is 11.8 Å². The van der Waals surface area contributed by atoms with Crippen LogP contribution in [0.15, 0.2) is 89.8 Å². The first-order valence-electron chi connectivity index (χ1n) is 10.6. The maximum absolute atomic E-state index is 12.5. The number of amides is 2. The van der Waals surface area contributed by atoms with E-state index in [9.17, 15) is 9.59 Å². The fraction of sp³-hybridized carbons (Fsp3) is 0.185. The highest BCUT2D eigenvalue weighted by Crippen LogP contribution is 2.26. The van der Waals surface area contributed by atoms with Crippen LogP contribution in [-0.2, 0) is 9.59 Å². The smallest absolute Gasteiger partial charge is 0.248 e. The number of carbonyl (C=O) groups excluding carboxylic acids is 2. The Morgan fingerprint density at radius 1 is 0.781 bits per heavy atom. The first-order valence-corrected chi connectivity index (χ1v) is 11.5. The van der Waals surface area contributed by atoms with Gasteiger partial charge < -0.3 is 10.6 Å². The molecule has 3 rings (SSSR count). The first kappa shape index (κ1) is 23.4. The van der Waals surface area contributed by atoms with Crippen LogP contribution in [0.1, 0.15) is 37.8 Å². The molecule has 1 atom stereocenters. The van der Waals surface area contributed by atoms with Crippen molar-refractivity contribution in [3.05, 3.63) is 96.1 Å². The van der Waals surface area contributed by atoms with Gasteiger partial charge >= 0.3 is 0 Å². The number of nitrogens with one attached hydrogen (secondary N) is 2. The van der Waals surface area contributed by atoms with E-state index in [1.807, 2.05) is 85.8 Å². The van der Waals surface area contributed by atoms with Crippen molar-refractivity contribution in [2.75, 3.05) is 10.6 Å². The molecule has 5 heteroatoms. The maximum atomic E-state index is 12.5. The van der Waals surface area contributed by atoms with E-state index < -0.39 is 0 Å². The van der Waals surface area contributed by atoms with E-state index in [0.29, 0.717) is 11.6 Å². The summed E-state index contributed by atoms with van der Waals surface area (Å²) >= 11 is 1.48. The second-order valence-electron chi connectivity index (χ2n) is 7.78. The topological polar surface area (TPSA) is 58.2 Å². The molecule has 2 amide bonds. The van der Waals surface area contributed by atoms with Gasteiger partial charge in [0.05, 0.1) is 5.25 Å². The summed E-state index contributed by atoms with van der Waals surface area (Å²) < 4.78 is 0. The predicted molar refractivity (Wildman–Crippen MR) is 135 cm³/mol. The van der Waals surface area contributed by atoms with Crippen LogP contribution >= 0.6 is 11.8 Å². The van der Waals surface area contributed by atoms with E-state index in [1.165, 1.54) is 23.4 Å². The van der Waals surface area contributed by atoms with Crippen LogP contribution in [0.5, 0.6) is 0 Å². The van der Waals surface area contributed by atoms with Crippen molar-refractivity contribution in [1.29, 1.82) is 0 Å². The monoisotopic (exact) mass is 444 g/mol. The fourth-order valence-corrected chi connectivity index (χ4v) is 3.86. The van der Waals surface area contributed by atoms with Crippen LogP contribution in [0.4, 0.5) is 11.4 Å². The van der Waals surface area contributed by atoms with Crippen molar-refractivity contribution in [2.45, 2.75) is 36.8 Å². The number of carbonyl (C=O) groups is 2. The number of hydrogen-bond acceptors (Lipinski definition) is 3. The molecule has 0 aliphatic heterocycles. The van der Waals surface area contributed by atoms with Crippen LogP contribution in [0, 0.1) is 0 Å². The molecule has 0 radical (unpaired) electrons. The molecule has 3 aromatic carbocycles. The van der Waals surface area contributed by atoms with Crippen LogP contribution in [0.3, 0.4) is 0 Å². The Labute approximate surface area is 194 Å². The molecule has 3 aromatic rings. The van der Waals surface area contributed by atoms with Crippen LogP contribution in [0.2, 0.25) is 0 Å². The lowest BCUT2D eigenvalue weighted by Crippen LogP contribution is -2.22.